The number of hydrogen-bond acceptors (Lipinski definition) is 2. The highest BCUT2D eigenvalue weighted by Crippen LogP contribution is 2.39. The van der Waals surface area contributed by atoms with Crippen LogP contribution in [0.2, 0.25) is 0 Å². The van der Waals surface area contributed by atoms with Crippen LogP contribution in [0.3, 0.4) is 0 Å². The van der Waals surface area contributed by atoms with Crippen molar-refractivity contribution in [3.8, 4) is 0 Å². The number of carbonyl (C=O) groups is 1. The minimum atomic E-state index is -0.215. The van der Waals surface area contributed by atoms with Crippen LogP contribution in [0.4, 0.5) is 4.39 Å². The van der Waals surface area contributed by atoms with E-state index < -0.39 is 0 Å². The molecule has 0 bridgehead atoms. The van der Waals surface area contributed by atoms with Crippen LogP contribution in [0.1, 0.15) is 60.0 Å². The molecular weight excluding hydrogens is 363 g/mol. The Hall–Kier alpha value is -2.75. The van der Waals surface area contributed by atoms with Gasteiger partial charge in [-0.3, -0.25) is 9.78 Å². The van der Waals surface area contributed by atoms with E-state index in [0.717, 1.165) is 47.7 Å². The van der Waals surface area contributed by atoms with Gasteiger partial charge in [-0.1, -0.05) is 18.2 Å². The van der Waals surface area contributed by atoms with Gasteiger partial charge in [-0.2, -0.15) is 0 Å². The monoisotopic (exact) mass is 390 g/mol. The first-order valence-corrected chi connectivity index (χ1v) is 10.4. The first kappa shape index (κ1) is 19.6. The maximum Gasteiger partial charge on any atom is 0.251 e. The number of hydrogen-bond donors (Lipinski definition) is 1. The van der Waals surface area contributed by atoms with E-state index in [1.54, 1.807) is 12.1 Å². The molecule has 29 heavy (non-hydrogen) atoms. The lowest BCUT2D eigenvalue weighted by Crippen LogP contribution is -2.39. The number of halogens is 1. The molecule has 1 aromatic heterocycles. The van der Waals surface area contributed by atoms with Gasteiger partial charge >= 0.3 is 0 Å². The first-order valence-electron chi connectivity index (χ1n) is 10.4. The number of pyridine rings is 1. The van der Waals surface area contributed by atoms with Crippen LogP contribution in [0.5, 0.6) is 0 Å². The molecule has 3 aromatic rings. The number of aromatic nitrogens is 1. The van der Waals surface area contributed by atoms with Gasteiger partial charge in [-0.25, -0.2) is 4.39 Å². The summed E-state index contributed by atoms with van der Waals surface area (Å²) in [6, 6.07) is 14.7. The molecule has 1 N–H and O–H groups in total. The van der Waals surface area contributed by atoms with Crippen LogP contribution in [0.15, 0.2) is 54.7 Å². The van der Waals surface area contributed by atoms with E-state index in [4.69, 9.17) is 0 Å². The van der Waals surface area contributed by atoms with E-state index in [1.165, 1.54) is 11.6 Å². The third-order valence-electron chi connectivity index (χ3n) is 6.40. The number of carbonyl (C=O) groups excluding carboxylic acids is 1. The Morgan fingerprint density at radius 1 is 1.10 bits per heavy atom. The number of nitrogens with zero attached hydrogens (tertiary/aromatic N) is 1. The summed E-state index contributed by atoms with van der Waals surface area (Å²) in [6.07, 6.45) is 6.03. The molecule has 0 radical (unpaired) electrons. The molecule has 0 unspecified atom stereocenters. The van der Waals surface area contributed by atoms with Crippen molar-refractivity contribution in [3.63, 3.8) is 0 Å². The quantitative estimate of drug-likeness (QED) is 0.614. The van der Waals surface area contributed by atoms with Gasteiger partial charge in [0, 0.05) is 23.2 Å². The zero-order valence-electron chi connectivity index (χ0n) is 17.0. The fraction of sp³-hybridized carbons (Fsp3) is 0.360. The van der Waals surface area contributed by atoms with Crippen molar-refractivity contribution in [1.29, 1.82) is 0 Å². The van der Waals surface area contributed by atoms with Crippen molar-refractivity contribution in [2.24, 2.45) is 5.92 Å². The average Bonchev–Trinajstić information content (AvgIpc) is 2.73. The van der Waals surface area contributed by atoms with Gasteiger partial charge in [0.2, 0.25) is 0 Å². The molecule has 2 aromatic carbocycles. The Morgan fingerprint density at radius 3 is 2.62 bits per heavy atom. The van der Waals surface area contributed by atoms with Crippen molar-refractivity contribution >= 4 is 16.8 Å². The van der Waals surface area contributed by atoms with Crippen LogP contribution in [-0.2, 0) is 0 Å². The molecule has 1 atom stereocenters. The Labute approximate surface area is 171 Å². The summed E-state index contributed by atoms with van der Waals surface area (Å²) in [5.41, 5.74) is 3.80. The van der Waals surface area contributed by atoms with Gasteiger partial charge < -0.3 is 5.32 Å². The molecule has 4 heteroatoms. The van der Waals surface area contributed by atoms with E-state index in [-0.39, 0.29) is 17.8 Å². The normalized spacial score (nSPS) is 20.4. The summed E-state index contributed by atoms with van der Waals surface area (Å²) < 4.78 is 13.8. The second-order valence-corrected chi connectivity index (χ2v) is 8.25. The topological polar surface area (TPSA) is 42.0 Å². The molecule has 0 spiro atoms. The Balaban J connectivity index is 1.41. The van der Waals surface area contributed by atoms with Crippen LogP contribution < -0.4 is 5.32 Å². The molecule has 1 aliphatic carbocycles. The zero-order chi connectivity index (χ0) is 20.4. The number of nitrogens with one attached hydrogen (secondary N) is 1. The van der Waals surface area contributed by atoms with Gasteiger partial charge in [-0.05, 0) is 92.8 Å². The summed E-state index contributed by atoms with van der Waals surface area (Å²) in [5, 5.41) is 4.13. The highest BCUT2D eigenvalue weighted by Gasteiger charge is 2.28. The highest BCUT2D eigenvalue weighted by atomic mass is 19.1. The van der Waals surface area contributed by atoms with Gasteiger partial charge in [0.05, 0.1) is 5.52 Å². The Kier molecular flexibility index (Phi) is 5.61. The molecule has 1 aliphatic rings. The Morgan fingerprint density at radius 2 is 1.86 bits per heavy atom. The van der Waals surface area contributed by atoms with Gasteiger partial charge in [0.1, 0.15) is 5.82 Å². The minimum absolute atomic E-state index is 0.00771. The van der Waals surface area contributed by atoms with Crippen LogP contribution >= 0.6 is 0 Å². The predicted molar refractivity (Wildman–Crippen MR) is 115 cm³/mol. The largest absolute Gasteiger partial charge is 0.349 e. The van der Waals surface area contributed by atoms with Crippen LogP contribution in [-0.4, -0.2) is 16.9 Å². The first-order chi connectivity index (χ1) is 14.0. The Bertz CT molecular complexity index is 1020. The molecule has 0 aliphatic heterocycles. The number of fused-ring (bicyclic) bond motifs is 1. The lowest BCUT2D eigenvalue weighted by molar-refractivity contribution is 0.0917. The third kappa shape index (κ3) is 4.16. The number of amides is 1. The molecule has 1 saturated carbocycles. The van der Waals surface area contributed by atoms with Gasteiger partial charge in [0.15, 0.2) is 0 Å². The molecule has 150 valence electrons. The maximum absolute atomic E-state index is 13.8. The molecular formula is C25H27FN2O. The van der Waals surface area contributed by atoms with Crippen molar-refractivity contribution in [2.45, 2.75) is 51.5 Å². The van der Waals surface area contributed by atoms with E-state index >= 15 is 0 Å². The van der Waals surface area contributed by atoms with Gasteiger partial charge in [-0.15, -0.1) is 0 Å². The SMILES string of the molecule is Cc1ccccc1C(=O)N[C@H](C)[C@H]1CC[C@H](c2ccnc3ccc(F)cc32)CC1. The molecule has 1 fully saturated rings. The third-order valence-corrected chi connectivity index (χ3v) is 6.40. The van der Waals surface area contributed by atoms with Gasteiger partial charge in [0.25, 0.3) is 5.91 Å². The molecule has 0 saturated heterocycles. The standard InChI is InChI=1S/C25H27FN2O/c1-16-5-3-4-6-21(16)25(29)28-17(2)18-7-9-19(10-8-18)22-13-14-27-24-12-11-20(26)15-23(22)24/h3-6,11-15,17-19H,7-10H2,1-2H3,(H,28,29)/t17-,18-,19-/m1/s1. The second kappa shape index (κ2) is 8.32. The number of aryl methyl sites for hydroxylation is 1. The summed E-state index contributed by atoms with van der Waals surface area (Å²) in [7, 11) is 0. The second-order valence-electron chi connectivity index (χ2n) is 8.25. The maximum atomic E-state index is 13.8. The van der Waals surface area contributed by atoms with Crippen molar-refractivity contribution in [3.05, 3.63) is 77.2 Å². The summed E-state index contributed by atoms with van der Waals surface area (Å²) in [5.74, 6) is 0.670. The fourth-order valence-corrected chi connectivity index (χ4v) is 4.66. The smallest absolute Gasteiger partial charge is 0.251 e. The van der Waals surface area contributed by atoms with E-state index in [9.17, 15) is 9.18 Å². The summed E-state index contributed by atoms with van der Waals surface area (Å²) in [4.78, 5) is 17.0. The fourth-order valence-electron chi connectivity index (χ4n) is 4.66. The van der Waals surface area contributed by atoms with Crippen LogP contribution in [0.25, 0.3) is 10.9 Å². The molecule has 1 heterocycles. The van der Waals surface area contributed by atoms with E-state index in [2.05, 4.69) is 17.2 Å². The lowest BCUT2D eigenvalue weighted by Gasteiger charge is -2.33. The van der Waals surface area contributed by atoms with E-state index in [1.807, 2.05) is 43.5 Å². The number of benzene rings is 2. The minimum Gasteiger partial charge on any atom is -0.349 e. The molecule has 1 amide bonds. The predicted octanol–water partition coefficient (Wildman–Crippen LogP) is 5.77. The van der Waals surface area contributed by atoms with Crippen molar-refractivity contribution < 1.29 is 9.18 Å². The number of rotatable bonds is 4. The molecule has 4 rings (SSSR count). The zero-order valence-corrected chi connectivity index (χ0v) is 17.0. The van der Waals surface area contributed by atoms with E-state index in [0.29, 0.717) is 11.8 Å². The average molecular weight is 391 g/mol. The summed E-state index contributed by atoms with van der Waals surface area (Å²) in [6.45, 7) is 4.07. The van der Waals surface area contributed by atoms with Crippen molar-refractivity contribution in [1.82, 2.24) is 10.3 Å². The highest BCUT2D eigenvalue weighted by molar-refractivity contribution is 5.95. The summed E-state index contributed by atoms with van der Waals surface area (Å²) >= 11 is 0. The van der Waals surface area contributed by atoms with Crippen molar-refractivity contribution in [2.75, 3.05) is 0 Å². The lowest BCUT2D eigenvalue weighted by atomic mass is 9.75. The van der Waals surface area contributed by atoms with Crippen LogP contribution in [0, 0.1) is 18.7 Å². The molecule has 3 nitrogen and oxygen atoms in total.